The Morgan fingerprint density at radius 1 is 1.23 bits per heavy atom. The van der Waals surface area contributed by atoms with Crippen LogP contribution in [-0.2, 0) is 9.53 Å². The van der Waals surface area contributed by atoms with Crippen LogP contribution in [-0.4, -0.2) is 32.4 Å². The third-order valence-corrected chi connectivity index (χ3v) is 6.03. The Labute approximate surface area is 178 Å². The van der Waals surface area contributed by atoms with Crippen LogP contribution >= 0.6 is 11.8 Å². The summed E-state index contributed by atoms with van der Waals surface area (Å²) in [7, 11) is 0. The van der Waals surface area contributed by atoms with Crippen LogP contribution in [0, 0.1) is 13.8 Å². The van der Waals surface area contributed by atoms with Crippen molar-refractivity contribution in [2.45, 2.75) is 38.1 Å². The van der Waals surface area contributed by atoms with Gasteiger partial charge in [-0.2, -0.15) is 0 Å². The van der Waals surface area contributed by atoms with E-state index in [2.05, 4.69) is 4.98 Å². The number of ether oxygens (including phenoxy) is 1. The minimum Gasteiger partial charge on any atom is -0.465 e. The Morgan fingerprint density at radius 3 is 2.77 bits per heavy atom. The summed E-state index contributed by atoms with van der Waals surface area (Å²) in [5.41, 5.74) is 4.46. The molecule has 1 atom stereocenters. The minimum absolute atomic E-state index is 0.191. The minimum atomic E-state index is -0.504. The second kappa shape index (κ2) is 7.99. The van der Waals surface area contributed by atoms with Crippen LogP contribution in [0.4, 0.5) is 0 Å². The summed E-state index contributed by atoms with van der Waals surface area (Å²) in [6.07, 6.45) is 0. The van der Waals surface area contributed by atoms with Gasteiger partial charge in [0.25, 0.3) is 5.56 Å². The van der Waals surface area contributed by atoms with Crippen LogP contribution in [0.3, 0.4) is 0 Å². The number of H-pyrrole nitrogens is 1. The van der Waals surface area contributed by atoms with Gasteiger partial charge in [-0.3, -0.25) is 14.2 Å². The van der Waals surface area contributed by atoms with Gasteiger partial charge in [-0.15, -0.1) is 0 Å². The largest absolute Gasteiger partial charge is 0.465 e. The number of hydrogen-bond donors (Lipinski definition) is 1. The van der Waals surface area contributed by atoms with Gasteiger partial charge in [-0.05, 0) is 51.0 Å². The molecule has 0 spiro atoms. The number of aromatic amines is 1. The van der Waals surface area contributed by atoms with E-state index < -0.39 is 5.25 Å². The molecule has 1 unspecified atom stereocenters. The van der Waals surface area contributed by atoms with Crippen LogP contribution in [0.2, 0.25) is 0 Å². The topological polar surface area (TPSA) is 77.0 Å². The molecule has 0 aliphatic rings. The van der Waals surface area contributed by atoms with E-state index in [1.807, 2.05) is 56.3 Å². The van der Waals surface area contributed by atoms with E-state index in [1.54, 1.807) is 18.4 Å². The summed E-state index contributed by atoms with van der Waals surface area (Å²) in [6, 6.07) is 13.6. The number of carbonyl (C=O) groups excluding carboxylic acids is 1. The molecule has 0 bridgehead atoms. The summed E-state index contributed by atoms with van der Waals surface area (Å²) in [4.78, 5) is 33.9. The number of para-hydroxylation sites is 1. The van der Waals surface area contributed by atoms with Gasteiger partial charge in [0.15, 0.2) is 5.16 Å². The maximum Gasteiger partial charge on any atom is 0.319 e. The molecule has 0 saturated carbocycles. The average Bonchev–Trinajstić information content (AvgIpc) is 3.10. The lowest BCUT2D eigenvalue weighted by Gasteiger charge is -2.17. The number of esters is 1. The molecule has 0 saturated heterocycles. The number of thioether (sulfide) groups is 1. The highest BCUT2D eigenvalue weighted by Gasteiger charge is 2.23. The fourth-order valence-electron chi connectivity index (χ4n) is 3.46. The maximum atomic E-state index is 13.6. The molecule has 0 aliphatic heterocycles. The maximum absolute atomic E-state index is 13.6. The highest BCUT2D eigenvalue weighted by molar-refractivity contribution is 8.00. The SMILES string of the molecule is CCOC(=O)C(C)Sc1nc2c([nH]c3ccccc32)c(=O)n1-c1cc(C)ccc1C. The lowest BCUT2D eigenvalue weighted by molar-refractivity contribution is -0.142. The smallest absolute Gasteiger partial charge is 0.319 e. The first-order valence-corrected chi connectivity index (χ1v) is 10.7. The van der Waals surface area contributed by atoms with Crippen LogP contribution in [0.5, 0.6) is 0 Å². The number of aryl methyl sites for hydroxylation is 2. The normalized spacial score (nSPS) is 12.4. The molecule has 4 rings (SSSR count). The van der Waals surface area contributed by atoms with Crippen molar-refractivity contribution in [3.05, 3.63) is 63.9 Å². The Kier molecular flexibility index (Phi) is 5.39. The predicted molar refractivity (Wildman–Crippen MR) is 121 cm³/mol. The molecule has 0 radical (unpaired) electrons. The van der Waals surface area contributed by atoms with Crippen molar-refractivity contribution in [1.29, 1.82) is 0 Å². The van der Waals surface area contributed by atoms with Crippen molar-refractivity contribution in [3.8, 4) is 5.69 Å². The number of nitrogens with one attached hydrogen (secondary N) is 1. The van der Waals surface area contributed by atoms with E-state index >= 15 is 0 Å². The van der Waals surface area contributed by atoms with Crippen LogP contribution in [0.25, 0.3) is 27.6 Å². The van der Waals surface area contributed by atoms with Crippen molar-refractivity contribution in [3.63, 3.8) is 0 Å². The lowest BCUT2D eigenvalue weighted by atomic mass is 10.1. The van der Waals surface area contributed by atoms with Gasteiger partial charge in [0.1, 0.15) is 16.3 Å². The first-order chi connectivity index (χ1) is 14.4. The standard InChI is InChI=1S/C23H23N3O3S/c1-5-29-22(28)15(4)30-23-25-19-16-8-6-7-9-17(16)24-20(19)21(27)26(23)18-12-13(2)10-11-14(18)3/h6-12,15,24H,5H2,1-4H3. The molecule has 0 fully saturated rings. The molecule has 2 aromatic carbocycles. The lowest BCUT2D eigenvalue weighted by Crippen LogP contribution is -2.25. The third-order valence-electron chi connectivity index (χ3n) is 5.00. The zero-order chi connectivity index (χ0) is 21.4. The Bertz CT molecular complexity index is 1320. The number of carbonyl (C=O) groups is 1. The summed E-state index contributed by atoms with van der Waals surface area (Å²) < 4.78 is 6.75. The highest BCUT2D eigenvalue weighted by atomic mass is 32.2. The molecule has 0 amide bonds. The second-order valence-corrected chi connectivity index (χ2v) is 8.54. The molecule has 7 heteroatoms. The van der Waals surface area contributed by atoms with Gasteiger partial charge < -0.3 is 9.72 Å². The average molecular weight is 422 g/mol. The Balaban J connectivity index is 2.01. The molecule has 0 aliphatic carbocycles. The van der Waals surface area contributed by atoms with Crippen LogP contribution < -0.4 is 5.56 Å². The van der Waals surface area contributed by atoms with Crippen molar-refractivity contribution >= 4 is 39.7 Å². The van der Waals surface area contributed by atoms with Crippen LogP contribution in [0.15, 0.2) is 52.4 Å². The van der Waals surface area contributed by atoms with Gasteiger partial charge in [0.05, 0.1) is 12.3 Å². The predicted octanol–water partition coefficient (Wildman–Crippen LogP) is 4.53. The number of nitrogens with zero attached hydrogens (tertiary/aromatic N) is 2. The number of benzene rings is 2. The van der Waals surface area contributed by atoms with E-state index in [-0.39, 0.29) is 11.5 Å². The monoisotopic (exact) mass is 421 g/mol. The molecular weight excluding hydrogens is 398 g/mol. The van der Waals surface area contributed by atoms with Crippen molar-refractivity contribution in [2.24, 2.45) is 0 Å². The third kappa shape index (κ3) is 3.50. The van der Waals surface area contributed by atoms with Gasteiger partial charge >= 0.3 is 5.97 Å². The molecule has 1 N–H and O–H groups in total. The van der Waals surface area contributed by atoms with Gasteiger partial charge in [-0.1, -0.05) is 42.1 Å². The quantitative estimate of drug-likeness (QED) is 0.291. The number of rotatable bonds is 5. The van der Waals surface area contributed by atoms with E-state index in [4.69, 9.17) is 9.72 Å². The van der Waals surface area contributed by atoms with Gasteiger partial charge in [-0.25, -0.2) is 4.98 Å². The molecule has 154 valence electrons. The Hall–Kier alpha value is -3.06. The molecule has 4 aromatic rings. The first-order valence-electron chi connectivity index (χ1n) is 9.85. The zero-order valence-electron chi connectivity index (χ0n) is 17.4. The summed E-state index contributed by atoms with van der Waals surface area (Å²) in [5, 5.41) is 0.839. The highest BCUT2D eigenvalue weighted by Crippen LogP contribution is 2.29. The summed E-state index contributed by atoms with van der Waals surface area (Å²) in [6.45, 7) is 7.79. The first kappa shape index (κ1) is 20.2. The zero-order valence-corrected chi connectivity index (χ0v) is 18.2. The van der Waals surface area contributed by atoms with Gasteiger partial charge in [0, 0.05) is 10.9 Å². The van der Waals surface area contributed by atoms with E-state index in [0.717, 1.165) is 27.7 Å². The van der Waals surface area contributed by atoms with E-state index in [9.17, 15) is 9.59 Å². The second-order valence-electron chi connectivity index (χ2n) is 7.23. The number of fused-ring (bicyclic) bond motifs is 3. The number of aromatic nitrogens is 3. The summed E-state index contributed by atoms with van der Waals surface area (Å²) in [5.74, 6) is -0.330. The molecular formula is C23H23N3O3S. The van der Waals surface area contributed by atoms with Crippen LogP contribution in [0.1, 0.15) is 25.0 Å². The van der Waals surface area contributed by atoms with Crippen molar-refractivity contribution < 1.29 is 9.53 Å². The Morgan fingerprint density at radius 2 is 2.00 bits per heavy atom. The molecule has 6 nitrogen and oxygen atoms in total. The number of hydrogen-bond acceptors (Lipinski definition) is 5. The van der Waals surface area contributed by atoms with Crippen molar-refractivity contribution in [1.82, 2.24) is 14.5 Å². The fourth-order valence-corrected chi connectivity index (χ4v) is 4.37. The fraction of sp³-hybridized carbons (Fsp3) is 0.261. The molecule has 30 heavy (non-hydrogen) atoms. The van der Waals surface area contributed by atoms with Gasteiger partial charge in [0.2, 0.25) is 0 Å². The van der Waals surface area contributed by atoms with Crippen molar-refractivity contribution in [2.75, 3.05) is 6.61 Å². The molecule has 2 heterocycles. The van der Waals surface area contributed by atoms with E-state index in [0.29, 0.717) is 22.8 Å². The summed E-state index contributed by atoms with van der Waals surface area (Å²) >= 11 is 1.23. The molecule has 2 aromatic heterocycles. The van der Waals surface area contributed by atoms with E-state index in [1.165, 1.54) is 11.8 Å².